The average molecular weight is 495 g/mol. The van der Waals surface area contributed by atoms with Crippen LogP contribution < -0.4 is 15.7 Å². The van der Waals surface area contributed by atoms with Gasteiger partial charge in [0.05, 0.1) is 24.9 Å². The van der Waals surface area contributed by atoms with Crippen molar-refractivity contribution >= 4 is 16.9 Å². The summed E-state index contributed by atoms with van der Waals surface area (Å²) in [5.41, 5.74) is 1.67. The molecule has 5 rings (SSSR count). The van der Waals surface area contributed by atoms with Crippen molar-refractivity contribution in [1.82, 2.24) is 9.47 Å². The van der Waals surface area contributed by atoms with Crippen LogP contribution in [0.15, 0.2) is 50.6 Å². The van der Waals surface area contributed by atoms with Gasteiger partial charge >= 0.3 is 5.97 Å². The molecule has 1 aromatic carbocycles. The topological polar surface area (TPSA) is 100 Å². The van der Waals surface area contributed by atoms with E-state index in [0.717, 1.165) is 19.3 Å². The molecular weight excluding hydrogens is 464 g/mol. The van der Waals surface area contributed by atoms with Gasteiger partial charge in [0.15, 0.2) is 5.43 Å². The second-order valence-corrected chi connectivity index (χ2v) is 9.22. The van der Waals surface area contributed by atoms with Crippen LogP contribution in [0.1, 0.15) is 40.9 Å². The highest BCUT2D eigenvalue weighted by atomic mass is 16.5. The maximum Gasteiger partial charge on any atom is 0.343 e. The predicted octanol–water partition coefficient (Wildman–Crippen LogP) is 2.75. The van der Waals surface area contributed by atoms with Crippen LogP contribution in [0.2, 0.25) is 0 Å². The number of esters is 1. The van der Waals surface area contributed by atoms with Crippen LogP contribution in [0.25, 0.3) is 11.0 Å². The van der Waals surface area contributed by atoms with Gasteiger partial charge in [-0.15, -0.1) is 0 Å². The van der Waals surface area contributed by atoms with E-state index in [4.69, 9.17) is 18.6 Å². The lowest BCUT2D eigenvalue weighted by molar-refractivity contribution is -0.0114. The molecule has 1 saturated heterocycles. The first-order valence-corrected chi connectivity index (χ1v) is 12.4. The normalized spacial score (nSPS) is 18.4. The third-order valence-electron chi connectivity index (χ3n) is 6.92. The fourth-order valence-corrected chi connectivity index (χ4v) is 4.98. The van der Waals surface area contributed by atoms with Crippen molar-refractivity contribution in [2.24, 2.45) is 0 Å². The molecule has 0 spiro atoms. The summed E-state index contributed by atoms with van der Waals surface area (Å²) >= 11 is 0. The maximum atomic E-state index is 13.0. The third-order valence-corrected chi connectivity index (χ3v) is 6.92. The molecule has 0 bridgehead atoms. The van der Waals surface area contributed by atoms with E-state index in [0.29, 0.717) is 61.4 Å². The van der Waals surface area contributed by atoms with E-state index in [2.05, 4.69) is 4.90 Å². The zero-order valence-electron chi connectivity index (χ0n) is 20.4. The molecule has 2 aliphatic heterocycles. The predicted molar refractivity (Wildman–Crippen MR) is 133 cm³/mol. The van der Waals surface area contributed by atoms with Gasteiger partial charge in [-0.2, -0.15) is 0 Å². The number of benzene rings is 1. The molecule has 1 atom stereocenters. The molecule has 4 heterocycles. The fraction of sp³-hybridized carbons (Fsp3) is 0.444. The molecule has 0 saturated carbocycles. The van der Waals surface area contributed by atoms with E-state index in [1.165, 1.54) is 19.4 Å². The number of hydrogen-bond acceptors (Lipinski definition) is 8. The van der Waals surface area contributed by atoms with Gasteiger partial charge in [-0.1, -0.05) is 12.1 Å². The second kappa shape index (κ2) is 10.7. The van der Waals surface area contributed by atoms with Crippen molar-refractivity contribution in [3.63, 3.8) is 0 Å². The lowest BCUT2D eigenvalue weighted by Crippen LogP contribution is -2.31. The Morgan fingerprint density at radius 1 is 1.14 bits per heavy atom. The van der Waals surface area contributed by atoms with Gasteiger partial charge in [-0.05, 0) is 31.4 Å². The first-order chi connectivity index (χ1) is 17.5. The Kier molecular flexibility index (Phi) is 7.20. The van der Waals surface area contributed by atoms with Gasteiger partial charge in [0, 0.05) is 56.5 Å². The third kappa shape index (κ3) is 4.94. The van der Waals surface area contributed by atoms with E-state index < -0.39 is 5.97 Å². The summed E-state index contributed by atoms with van der Waals surface area (Å²) < 4.78 is 24.0. The number of pyridine rings is 1. The molecule has 2 aromatic heterocycles. The van der Waals surface area contributed by atoms with Crippen molar-refractivity contribution in [3.8, 4) is 5.75 Å². The molecule has 190 valence electrons. The van der Waals surface area contributed by atoms with Crippen molar-refractivity contribution in [2.45, 2.75) is 44.9 Å². The molecule has 9 nitrogen and oxygen atoms in total. The van der Waals surface area contributed by atoms with E-state index in [1.54, 1.807) is 16.7 Å². The van der Waals surface area contributed by atoms with E-state index in [-0.39, 0.29) is 35.0 Å². The van der Waals surface area contributed by atoms with Crippen molar-refractivity contribution in [2.75, 3.05) is 33.4 Å². The summed E-state index contributed by atoms with van der Waals surface area (Å²) in [6.07, 6.45) is 4.85. The molecule has 0 aliphatic carbocycles. The highest BCUT2D eigenvalue weighted by molar-refractivity contribution is 5.93. The summed E-state index contributed by atoms with van der Waals surface area (Å²) in [7, 11) is 1.32. The molecule has 3 aromatic rings. The lowest BCUT2D eigenvalue weighted by atomic mass is 10.1. The van der Waals surface area contributed by atoms with Gasteiger partial charge in [-0.3, -0.25) is 14.5 Å². The Morgan fingerprint density at radius 2 is 2.00 bits per heavy atom. The van der Waals surface area contributed by atoms with Crippen molar-refractivity contribution < 1.29 is 23.4 Å². The average Bonchev–Trinajstić information content (AvgIpc) is 3.12. The number of nitrogens with zero attached hydrogens (tertiary/aromatic N) is 2. The van der Waals surface area contributed by atoms with Crippen LogP contribution in [-0.4, -0.2) is 55.0 Å². The Balaban J connectivity index is 1.39. The van der Waals surface area contributed by atoms with E-state index in [1.807, 2.05) is 12.1 Å². The zero-order chi connectivity index (χ0) is 25.1. The molecule has 0 N–H and O–H groups in total. The molecule has 36 heavy (non-hydrogen) atoms. The number of aromatic nitrogens is 1. The number of rotatable bonds is 6. The van der Waals surface area contributed by atoms with Crippen molar-refractivity contribution in [1.29, 1.82) is 0 Å². The number of hydrogen-bond donors (Lipinski definition) is 0. The minimum Gasteiger partial charge on any atom is -0.490 e. The van der Waals surface area contributed by atoms with Crippen molar-refractivity contribution in [3.05, 3.63) is 74.0 Å². The number of para-hydroxylation sites is 1. The van der Waals surface area contributed by atoms with Gasteiger partial charge in [0.1, 0.15) is 23.5 Å². The molecule has 1 fully saturated rings. The Hall–Kier alpha value is -3.43. The first-order valence-electron chi connectivity index (χ1n) is 12.4. The molecule has 2 aliphatic rings. The largest absolute Gasteiger partial charge is 0.490 e. The molecule has 0 radical (unpaired) electrons. The Morgan fingerprint density at radius 3 is 2.81 bits per heavy atom. The van der Waals surface area contributed by atoms with Crippen LogP contribution in [0.5, 0.6) is 5.75 Å². The highest BCUT2D eigenvalue weighted by Crippen LogP contribution is 2.25. The monoisotopic (exact) mass is 494 g/mol. The minimum absolute atomic E-state index is 0.0602. The summed E-state index contributed by atoms with van der Waals surface area (Å²) in [5.74, 6) is -0.308. The second-order valence-electron chi connectivity index (χ2n) is 9.22. The first kappa shape index (κ1) is 24.3. The number of carbonyl (C=O) groups is 1. The number of carbonyl (C=O) groups excluding carboxylic acids is 1. The van der Waals surface area contributed by atoms with Crippen LogP contribution in [-0.2, 0) is 29.0 Å². The lowest BCUT2D eigenvalue weighted by Gasteiger charge is -2.24. The van der Waals surface area contributed by atoms with Crippen LogP contribution >= 0.6 is 0 Å². The number of ether oxygens (including phenoxy) is 3. The molecule has 1 unspecified atom stereocenters. The van der Waals surface area contributed by atoms with Gasteiger partial charge in [0.2, 0.25) is 0 Å². The van der Waals surface area contributed by atoms with E-state index in [9.17, 15) is 14.4 Å². The number of fused-ring (bicyclic) bond motifs is 2. The smallest absolute Gasteiger partial charge is 0.343 e. The molecule has 9 heteroatoms. The minimum atomic E-state index is -0.540. The zero-order valence-corrected chi connectivity index (χ0v) is 20.4. The van der Waals surface area contributed by atoms with E-state index >= 15 is 0 Å². The van der Waals surface area contributed by atoms with Crippen LogP contribution in [0, 0.1) is 0 Å². The standard InChI is InChI=1S/C27H30N2O7/c1-33-27(32)25-21-9-10-28(15-18-16-35-22-8-3-2-7-20(22)26(18)31)11-12-29(21)24(30)14-23(25)36-17-19-6-4-5-13-34-19/h2-3,7-8,14,16,19H,4-6,9-13,15,17H2,1H3. The highest BCUT2D eigenvalue weighted by Gasteiger charge is 2.27. The molecule has 0 amide bonds. The molecular formula is C27H30N2O7. The number of methoxy groups -OCH3 is 1. The maximum absolute atomic E-state index is 13.0. The summed E-state index contributed by atoms with van der Waals surface area (Å²) in [5, 5.41) is 0.543. The summed E-state index contributed by atoms with van der Waals surface area (Å²) in [4.78, 5) is 40.9. The summed E-state index contributed by atoms with van der Waals surface area (Å²) in [6, 6.07) is 8.53. The van der Waals surface area contributed by atoms with Crippen LogP contribution in [0.3, 0.4) is 0 Å². The Labute approximate surface area is 208 Å². The van der Waals surface area contributed by atoms with Gasteiger partial charge in [-0.25, -0.2) is 4.79 Å². The SMILES string of the molecule is COC(=O)c1c(OCC2CCCCO2)cc(=O)n2c1CCN(Cc1coc3ccccc3c1=O)CC2. The quantitative estimate of drug-likeness (QED) is 0.483. The summed E-state index contributed by atoms with van der Waals surface area (Å²) in [6.45, 7) is 2.81. The fourth-order valence-electron chi connectivity index (χ4n) is 4.98. The van der Waals surface area contributed by atoms with Gasteiger partial charge in [0.25, 0.3) is 5.56 Å². The van der Waals surface area contributed by atoms with Gasteiger partial charge < -0.3 is 23.2 Å². The Bertz CT molecular complexity index is 1370. The van der Waals surface area contributed by atoms with Crippen LogP contribution in [0.4, 0.5) is 0 Å².